The van der Waals surface area contributed by atoms with Crippen LogP contribution in [0.1, 0.15) is 43.1 Å². The second-order valence-corrected chi connectivity index (χ2v) is 8.27. The van der Waals surface area contributed by atoms with Crippen LogP contribution in [0.5, 0.6) is 5.75 Å². The number of fused-ring (bicyclic) bond motifs is 1. The number of carbonyl (C=O) groups is 2. The number of hydrogen-bond acceptors (Lipinski definition) is 7. The Morgan fingerprint density at radius 3 is 2.42 bits per heavy atom. The van der Waals surface area contributed by atoms with Crippen molar-refractivity contribution in [2.24, 2.45) is 0 Å². The number of hydrogen-bond donors (Lipinski definition) is 4. The summed E-state index contributed by atoms with van der Waals surface area (Å²) in [6.45, 7) is 5.16. The first-order valence-corrected chi connectivity index (χ1v) is 10.6. The van der Waals surface area contributed by atoms with E-state index in [0.29, 0.717) is 30.0 Å². The summed E-state index contributed by atoms with van der Waals surface area (Å²) in [5.74, 6) is -2.78. The van der Waals surface area contributed by atoms with E-state index in [2.05, 4.69) is 5.32 Å². The van der Waals surface area contributed by atoms with Crippen LogP contribution in [0.3, 0.4) is 0 Å². The maximum absolute atomic E-state index is 15.1. The number of halogens is 1. The third-order valence-electron chi connectivity index (χ3n) is 5.62. The molecule has 10 nitrogen and oxygen atoms in total. The topological polar surface area (TPSA) is 141 Å². The van der Waals surface area contributed by atoms with E-state index in [4.69, 9.17) is 14.9 Å². The number of piperazine rings is 1. The van der Waals surface area contributed by atoms with Crippen LogP contribution in [0.2, 0.25) is 0 Å². The standard InChI is InChI=1S/C19H22FN3O4.C3H6O3/c1-10-8-22(6-5-21-10)16-14(20)7-12-15(18(16)27-2)23(11-3-4-11)9-13(17(12)24)19(25)26;1-2(4)3(5)6/h7,9-11,21H,3-6,8H2,1-2H3,(H,25,26);2,4H,1H3,(H,5,6). The van der Waals surface area contributed by atoms with Gasteiger partial charge in [0.15, 0.2) is 11.6 Å². The van der Waals surface area contributed by atoms with Gasteiger partial charge in [-0.2, -0.15) is 0 Å². The second kappa shape index (κ2) is 9.75. The highest BCUT2D eigenvalue weighted by Gasteiger charge is 2.32. The van der Waals surface area contributed by atoms with Crippen LogP contribution in [0.4, 0.5) is 10.1 Å². The van der Waals surface area contributed by atoms with Gasteiger partial charge in [-0.1, -0.05) is 0 Å². The molecule has 2 atom stereocenters. The first-order chi connectivity index (χ1) is 15.6. The predicted octanol–water partition coefficient (Wildman–Crippen LogP) is 1.43. The zero-order chi connectivity index (χ0) is 24.4. The number of nitrogens with one attached hydrogen (secondary N) is 1. The van der Waals surface area contributed by atoms with Crippen molar-refractivity contribution in [1.29, 1.82) is 0 Å². The molecule has 2 aromatic rings. The van der Waals surface area contributed by atoms with Crippen LogP contribution >= 0.6 is 0 Å². The van der Waals surface area contributed by atoms with Crippen LogP contribution in [-0.4, -0.2) is 70.7 Å². The van der Waals surface area contributed by atoms with Gasteiger partial charge in [0.05, 0.1) is 18.0 Å². The number of carboxylic acid groups (broad SMARTS) is 2. The van der Waals surface area contributed by atoms with Crippen LogP contribution in [-0.2, 0) is 4.79 Å². The molecule has 1 saturated carbocycles. The van der Waals surface area contributed by atoms with Gasteiger partial charge in [-0.05, 0) is 32.8 Å². The normalized spacial score (nSPS) is 18.9. The third-order valence-corrected chi connectivity index (χ3v) is 5.62. The first kappa shape index (κ1) is 24.5. The molecular weight excluding hydrogens is 437 g/mol. The van der Waals surface area contributed by atoms with Crippen LogP contribution < -0.4 is 20.4 Å². The van der Waals surface area contributed by atoms with Crippen molar-refractivity contribution in [2.45, 2.75) is 44.9 Å². The van der Waals surface area contributed by atoms with Gasteiger partial charge in [-0.3, -0.25) is 4.79 Å². The molecule has 33 heavy (non-hydrogen) atoms. The van der Waals surface area contributed by atoms with Gasteiger partial charge in [-0.15, -0.1) is 0 Å². The molecule has 0 bridgehead atoms. The minimum Gasteiger partial charge on any atom is -0.492 e. The molecule has 2 fully saturated rings. The highest BCUT2D eigenvalue weighted by Crippen LogP contribution is 2.43. The number of aromatic nitrogens is 1. The molecule has 0 radical (unpaired) electrons. The zero-order valence-electron chi connectivity index (χ0n) is 18.7. The largest absolute Gasteiger partial charge is 0.492 e. The van der Waals surface area contributed by atoms with Gasteiger partial charge < -0.3 is 34.8 Å². The summed E-state index contributed by atoms with van der Waals surface area (Å²) in [7, 11) is 1.45. The van der Waals surface area contributed by atoms with Gasteiger partial charge in [0.25, 0.3) is 0 Å². The van der Waals surface area contributed by atoms with E-state index in [1.54, 1.807) is 4.57 Å². The van der Waals surface area contributed by atoms with Crippen LogP contribution in [0.25, 0.3) is 10.9 Å². The molecular formula is C22H28FN3O7. The quantitative estimate of drug-likeness (QED) is 0.516. The molecule has 4 rings (SSSR count). The lowest BCUT2D eigenvalue weighted by Gasteiger charge is -2.35. The Balaban J connectivity index is 0.000000454. The van der Waals surface area contributed by atoms with E-state index < -0.39 is 29.3 Å². The number of anilines is 1. The number of rotatable bonds is 5. The molecule has 2 unspecified atom stereocenters. The monoisotopic (exact) mass is 465 g/mol. The Morgan fingerprint density at radius 2 is 1.94 bits per heavy atom. The number of methoxy groups -OCH3 is 1. The maximum atomic E-state index is 15.1. The summed E-state index contributed by atoms with van der Waals surface area (Å²) in [5, 5.41) is 28.5. The highest BCUT2D eigenvalue weighted by atomic mass is 19.1. The van der Waals surface area contributed by atoms with Crippen molar-refractivity contribution >= 4 is 28.5 Å². The van der Waals surface area contributed by atoms with Gasteiger partial charge >= 0.3 is 11.9 Å². The lowest BCUT2D eigenvalue weighted by molar-refractivity contribution is -0.145. The van der Waals surface area contributed by atoms with Crippen molar-refractivity contribution < 1.29 is 34.0 Å². The van der Waals surface area contributed by atoms with Gasteiger partial charge in [0, 0.05) is 37.9 Å². The number of carboxylic acids is 2. The average molecular weight is 465 g/mol. The molecule has 1 aliphatic carbocycles. The van der Waals surface area contributed by atoms with Crippen molar-refractivity contribution in [3.63, 3.8) is 0 Å². The Kier molecular flexibility index (Phi) is 7.23. The van der Waals surface area contributed by atoms with E-state index in [1.165, 1.54) is 20.2 Å². The summed E-state index contributed by atoms with van der Waals surface area (Å²) in [4.78, 5) is 35.5. The number of aliphatic carboxylic acids is 1. The molecule has 1 aliphatic heterocycles. The lowest BCUT2D eigenvalue weighted by atomic mass is 10.1. The van der Waals surface area contributed by atoms with E-state index in [1.807, 2.05) is 11.8 Å². The number of nitrogens with zero attached hydrogens (tertiary/aromatic N) is 2. The molecule has 0 spiro atoms. The summed E-state index contributed by atoms with van der Waals surface area (Å²) in [6, 6.07) is 1.45. The van der Waals surface area contributed by atoms with Gasteiger partial charge in [0.1, 0.15) is 17.4 Å². The molecule has 0 amide bonds. The number of aromatic carboxylic acids is 1. The number of aliphatic hydroxyl groups excluding tert-OH is 1. The molecule has 180 valence electrons. The number of benzene rings is 1. The smallest absolute Gasteiger partial charge is 0.341 e. The highest BCUT2D eigenvalue weighted by molar-refractivity contribution is 5.97. The van der Waals surface area contributed by atoms with Crippen molar-refractivity contribution in [1.82, 2.24) is 9.88 Å². The Hall–Kier alpha value is -3.18. The Bertz CT molecular complexity index is 1130. The maximum Gasteiger partial charge on any atom is 0.341 e. The second-order valence-electron chi connectivity index (χ2n) is 8.27. The van der Waals surface area contributed by atoms with E-state index in [-0.39, 0.29) is 23.0 Å². The van der Waals surface area contributed by atoms with Gasteiger partial charge in [0.2, 0.25) is 5.43 Å². The number of ether oxygens (including phenoxy) is 1. The summed E-state index contributed by atoms with van der Waals surface area (Å²) < 4.78 is 22.5. The summed E-state index contributed by atoms with van der Waals surface area (Å²) in [5.41, 5.74) is -0.237. The third kappa shape index (κ3) is 5.09. The Labute approximate surface area is 189 Å². The van der Waals surface area contributed by atoms with E-state index >= 15 is 4.39 Å². The fourth-order valence-electron chi connectivity index (χ4n) is 3.86. The summed E-state index contributed by atoms with van der Waals surface area (Å²) in [6.07, 6.45) is 1.91. The molecule has 2 heterocycles. The van der Waals surface area contributed by atoms with E-state index in [9.17, 15) is 19.5 Å². The number of aliphatic hydroxyl groups is 1. The van der Waals surface area contributed by atoms with Crippen LogP contribution in [0, 0.1) is 5.82 Å². The minimum absolute atomic E-state index is 0.0445. The lowest BCUT2D eigenvalue weighted by Crippen LogP contribution is -2.49. The SMILES string of the molecule is CC(O)C(=O)O.COc1c(N2CCNC(C)C2)c(F)cc2c(=O)c(C(=O)O)cn(C3CC3)c12. The molecule has 11 heteroatoms. The number of pyridine rings is 1. The zero-order valence-corrected chi connectivity index (χ0v) is 18.7. The van der Waals surface area contributed by atoms with Gasteiger partial charge in [-0.25, -0.2) is 14.0 Å². The summed E-state index contributed by atoms with van der Waals surface area (Å²) >= 11 is 0. The molecule has 2 aliphatic rings. The fourth-order valence-corrected chi connectivity index (χ4v) is 3.86. The minimum atomic E-state index is -1.31. The molecule has 1 aromatic carbocycles. The molecule has 4 N–H and O–H groups in total. The van der Waals surface area contributed by atoms with Crippen molar-refractivity contribution in [2.75, 3.05) is 31.6 Å². The van der Waals surface area contributed by atoms with Crippen molar-refractivity contribution in [3.8, 4) is 5.75 Å². The van der Waals surface area contributed by atoms with Crippen molar-refractivity contribution in [3.05, 3.63) is 33.9 Å². The van der Waals surface area contributed by atoms with E-state index in [0.717, 1.165) is 25.5 Å². The Morgan fingerprint density at radius 1 is 1.30 bits per heavy atom. The average Bonchev–Trinajstić information content (AvgIpc) is 3.59. The molecule has 1 saturated heterocycles. The molecule has 1 aromatic heterocycles. The van der Waals surface area contributed by atoms with Crippen LogP contribution in [0.15, 0.2) is 17.1 Å². The fraction of sp³-hybridized carbons (Fsp3) is 0.500. The first-order valence-electron chi connectivity index (χ1n) is 10.6. The predicted molar refractivity (Wildman–Crippen MR) is 119 cm³/mol.